The van der Waals surface area contributed by atoms with Gasteiger partial charge in [-0.15, -0.1) is 0 Å². The number of nitrogens with zero attached hydrogens (tertiary/aromatic N) is 3. The number of para-hydroxylation sites is 1. The van der Waals surface area contributed by atoms with Crippen molar-refractivity contribution in [2.24, 2.45) is 0 Å². The van der Waals surface area contributed by atoms with Crippen LogP contribution in [0.2, 0.25) is 0 Å². The lowest BCUT2D eigenvalue weighted by molar-refractivity contribution is -0.132. The molecule has 8 heteroatoms. The number of ether oxygens (including phenoxy) is 2. The van der Waals surface area contributed by atoms with Crippen molar-refractivity contribution in [2.75, 3.05) is 12.4 Å². The highest BCUT2D eigenvalue weighted by Crippen LogP contribution is 2.39. The van der Waals surface area contributed by atoms with Gasteiger partial charge in [0.2, 0.25) is 5.95 Å². The zero-order chi connectivity index (χ0) is 17.3. The normalized spacial score (nSPS) is 16.2. The summed E-state index contributed by atoms with van der Waals surface area (Å²) in [7, 11) is 1.56. The van der Waals surface area contributed by atoms with Crippen molar-refractivity contribution in [1.29, 1.82) is 0 Å². The zero-order valence-corrected chi connectivity index (χ0v) is 13.6. The molecule has 126 valence electrons. The Labute approximate surface area is 138 Å². The quantitative estimate of drug-likeness (QED) is 0.865. The smallest absolute Gasteiger partial charge is 0.352 e. The van der Waals surface area contributed by atoms with E-state index in [0.717, 1.165) is 5.56 Å². The lowest BCUT2D eigenvalue weighted by Gasteiger charge is -2.25. The van der Waals surface area contributed by atoms with Crippen molar-refractivity contribution in [2.45, 2.75) is 26.0 Å². The van der Waals surface area contributed by atoms with Crippen molar-refractivity contribution in [1.82, 2.24) is 14.8 Å². The molecule has 0 amide bonds. The molecule has 0 saturated carbocycles. The standard InChI is InChI=1S/C16H18N4O4/c1-9(2)24-14-10(5-4-6-13(14)23-3)12-7-11(15(21)22)19-16-17-8-18-20(12)16/h4-9,12H,1-3H3,(H,21,22)(H,17,18,19). The van der Waals surface area contributed by atoms with E-state index in [-0.39, 0.29) is 11.8 Å². The Morgan fingerprint density at radius 2 is 2.21 bits per heavy atom. The number of aliphatic carboxylic acids is 1. The molecule has 1 atom stereocenters. The minimum atomic E-state index is -1.07. The molecule has 0 saturated heterocycles. The maximum atomic E-state index is 11.4. The van der Waals surface area contributed by atoms with Gasteiger partial charge < -0.3 is 19.9 Å². The van der Waals surface area contributed by atoms with Gasteiger partial charge in [-0.25, -0.2) is 9.48 Å². The number of fused-ring (bicyclic) bond motifs is 1. The number of carbonyl (C=O) groups is 1. The maximum absolute atomic E-state index is 11.4. The second kappa shape index (κ2) is 6.23. The van der Waals surface area contributed by atoms with Crippen LogP contribution in [0.5, 0.6) is 11.5 Å². The number of hydrogen-bond donors (Lipinski definition) is 2. The Hall–Kier alpha value is -3.03. The van der Waals surface area contributed by atoms with E-state index in [2.05, 4.69) is 15.4 Å². The molecular formula is C16H18N4O4. The molecule has 0 spiro atoms. The number of anilines is 1. The van der Waals surface area contributed by atoms with Gasteiger partial charge >= 0.3 is 5.97 Å². The summed E-state index contributed by atoms with van der Waals surface area (Å²) in [5.41, 5.74) is 0.786. The van der Waals surface area contributed by atoms with Crippen LogP contribution < -0.4 is 14.8 Å². The number of nitrogens with one attached hydrogen (secondary N) is 1. The van der Waals surface area contributed by atoms with E-state index in [4.69, 9.17) is 9.47 Å². The second-order valence-corrected chi connectivity index (χ2v) is 5.53. The molecule has 0 bridgehead atoms. The Bertz CT molecular complexity index is 797. The first-order valence-electron chi connectivity index (χ1n) is 7.46. The summed E-state index contributed by atoms with van der Waals surface area (Å²) >= 11 is 0. The minimum absolute atomic E-state index is 0.0406. The van der Waals surface area contributed by atoms with Crippen LogP contribution in [0.1, 0.15) is 25.5 Å². The van der Waals surface area contributed by atoms with Crippen LogP contribution in [0, 0.1) is 0 Å². The largest absolute Gasteiger partial charge is 0.493 e. The van der Waals surface area contributed by atoms with Gasteiger partial charge in [0.1, 0.15) is 18.1 Å². The lowest BCUT2D eigenvalue weighted by atomic mass is 10.0. The van der Waals surface area contributed by atoms with Gasteiger partial charge in [0.25, 0.3) is 0 Å². The van der Waals surface area contributed by atoms with E-state index in [1.807, 2.05) is 26.0 Å². The average molecular weight is 330 g/mol. The first kappa shape index (κ1) is 15.9. The van der Waals surface area contributed by atoms with Crippen LogP contribution in [0.4, 0.5) is 5.95 Å². The first-order chi connectivity index (χ1) is 11.5. The predicted molar refractivity (Wildman–Crippen MR) is 86.3 cm³/mol. The molecule has 1 aliphatic heterocycles. The highest BCUT2D eigenvalue weighted by molar-refractivity contribution is 5.90. The molecule has 1 aliphatic rings. The maximum Gasteiger partial charge on any atom is 0.352 e. The predicted octanol–water partition coefficient (Wildman–Crippen LogP) is 2.06. The monoisotopic (exact) mass is 330 g/mol. The van der Waals surface area contributed by atoms with E-state index < -0.39 is 12.0 Å². The number of hydrogen-bond acceptors (Lipinski definition) is 6. The van der Waals surface area contributed by atoms with Crippen LogP contribution in [-0.4, -0.2) is 39.1 Å². The van der Waals surface area contributed by atoms with Crippen LogP contribution in [0.25, 0.3) is 0 Å². The van der Waals surface area contributed by atoms with Crippen LogP contribution in [-0.2, 0) is 4.79 Å². The third kappa shape index (κ3) is 2.78. The van der Waals surface area contributed by atoms with Gasteiger partial charge in [-0.1, -0.05) is 12.1 Å². The fraction of sp³-hybridized carbons (Fsp3) is 0.312. The van der Waals surface area contributed by atoms with Crippen LogP contribution >= 0.6 is 0 Å². The van der Waals surface area contributed by atoms with Crippen LogP contribution in [0.15, 0.2) is 36.3 Å². The molecular weight excluding hydrogens is 312 g/mol. The molecule has 8 nitrogen and oxygen atoms in total. The molecule has 2 heterocycles. The lowest BCUT2D eigenvalue weighted by Crippen LogP contribution is -2.25. The number of carboxylic acids is 1. The van der Waals surface area contributed by atoms with Crippen LogP contribution in [0.3, 0.4) is 0 Å². The summed E-state index contributed by atoms with van der Waals surface area (Å²) in [6.45, 7) is 3.83. The fourth-order valence-corrected chi connectivity index (χ4v) is 2.57. The number of benzene rings is 1. The fourth-order valence-electron chi connectivity index (χ4n) is 2.57. The van der Waals surface area contributed by atoms with Gasteiger partial charge in [0, 0.05) is 5.56 Å². The minimum Gasteiger partial charge on any atom is -0.493 e. The molecule has 1 unspecified atom stereocenters. The van der Waals surface area contributed by atoms with Crippen molar-refractivity contribution in [3.63, 3.8) is 0 Å². The third-order valence-corrected chi connectivity index (χ3v) is 3.54. The van der Waals surface area contributed by atoms with E-state index in [1.165, 1.54) is 6.33 Å². The average Bonchev–Trinajstić information content (AvgIpc) is 3.02. The summed E-state index contributed by atoms with van der Waals surface area (Å²) in [5, 5.41) is 16.3. The zero-order valence-electron chi connectivity index (χ0n) is 13.6. The molecule has 0 aliphatic carbocycles. The molecule has 2 N–H and O–H groups in total. The van der Waals surface area contributed by atoms with Crippen molar-refractivity contribution >= 4 is 11.9 Å². The molecule has 3 rings (SSSR count). The summed E-state index contributed by atoms with van der Waals surface area (Å²) in [4.78, 5) is 15.5. The first-order valence-corrected chi connectivity index (χ1v) is 7.46. The summed E-state index contributed by atoms with van der Waals surface area (Å²) in [6.07, 6.45) is 2.88. The highest BCUT2D eigenvalue weighted by atomic mass is 16.5. The molecule has 1 aromatic carbocycles. The molecule has 0 radical (unpaired) electrons. The van der Waals surface area contributed by atoms with Gasteiger partial charge in [0.15, 0.2) is 11.5 Å². The van der Waals surface area contributed by atoms with Crippen molar-refractivity contribution in [3.05, 3.63) is 41.9 Å². The Morgan fingerprint density at radius 3 is 2.88 bits per heavy atom. The molecule has 2 aromatic rings. The number of allylic oxidation sites excluding steroid dienone is 1. The summed E-state index contributed by atoms with van der Waals surface area (Å²) in [6, 6.07) is 5.01. The third-order valence-electron chi connectivity index (χ3n) is 3.54. The van der Waals surface area contributed by atoms with Gasteiger partial charge in [-0.2, -0.15) is 10.1 Å². The van der Waals surface area contributed by atoms with Crippen molar-refractivity contribution in [3.8, 4) is 11.5 Å². The van der Waals surface area contributed by atoms with Crippen molar-refractivity contribution < 1.29 is 19.4 Å². The van der Waals surface area contributed by atoms with Gasteiger partial charge in [-0.05, 0) is 26.0 Å². The Kier molecular flexibility index (Phi) is 4.11. The molecule has 1 aromatic heterocycles. The number of methoxy groups -OCH3 is 1. The summed E-state index contributed by atoms with van der Waals surface area (Å²) < 4.78 is 12.9. The number of rotatable bonds is 5. The summed E-state index contributed by atoms with van der Waals surface area (Å²) in [5.74, 6) is 0.428. The van der Waals surface area contributed by atoms with Gasteiger partial charge in [-0.3, -0.25) is 0 Å². The van der Waals surface area contributed by atoms with E-state index in [9.17, 15) is 9.90 Å². The second-order valence-electron chi connectivity index (χ2n) is 5.53. The van der Waals surface area contributed by atoms with E-state index in [1.54, 1.807) is 23.9 Å². The SMILES string of the molecule is COc1cccc(C2C=C(C(=O)O)Nc3ncnn32)c1OC(C)C. The topological polar surface area (TPSA) is 98.5 Å². The molecule has 0 fully saturated rings. The highest BCUT2D eigenvalue weighted by Gasteiger charge is 2.29. The number of aromatic nitrogens is 3. The molecule has 24 heavy (non-hydrogen) atoms. The van der Waals surface area contributed by atoms with Gasteiger partial charge in [0.05, 0.1) is 13.2 Å². The van der Waals surface area contributed by atoms with E-state index in [0.29, 0.717) is 17.4 Å². The van der Waals surface area contributed by atoms with E-state index >= 15 is 0 Å². The Morgan fingerprint density at radius 1 is 1.42 bits per heavy atom. The Balaban J connectivity index is 2.16. The number of carboxylic acid groups (broad SMARTS) is 1.